The van der Waals surface area contributed by atoms with Crippen LogP contribution in [0.1, 0.15) is 17.3 Å². The Bertz CT molecular complexity index is 912. The van der Waals surface area contributed by atoms with E-state index in [4.69, 9.17) is 23.2 Å². The molecule has 0 fully saturated rings. The predicted molar refractivity (Wildman–Crippen MR) is 108 cm³/mol. The van der Waals surface area contributed by atoms with Crippen LogP contribution in [0, 0.1) is 0 Å². The van der Waals surface area contributed by atoms with E-state index in [0.717, 1.165) is 16.2 Å². The molecule has 0 aliphatic heterocycles. The molecule has 0 spiro atoms. The van der Waals surface area contributed by atoms with Gasteiger partial charge in [-0.2, -0.15) is 0 Å². The van der Waals surface area contributed by atoms with Gasteiger partial charge in [-0.25, -0.2) is 4.98 Å². The maximum absolute atomic E-state index is 12.6. The smallest absolute Gasteiger partial charge is 0.258 e. The monoisotopic (exact) mass is 408 g/mol. The molecule has 0 aliphatic carbocycles. The molecular formula is C18H14Cl2N2OS2. The van der Waals surface area contributed by atoms with Crippen molar-refractivity contribution < 1.29 is 4.79 Å². The first-order valence-corrected chi connectivity index (χ1v) is 10.1. The SMILES string of the molecule is CCSc1ccccc1C(=O)Nc1nc(-c2ccc(Cl)cc2Cl)cs1. The second-order valence-corrected chi connectivity index (χ2v) is 8.05. The Kier molecular flexibility index (Phi) is 6.02. The number of carbonyl (C=O) groups is 1. The number of carbonyl (C=O) groups excluding carboxylic acids is 1. The number of nitrogens with zero attached hydrogens (tertiary/aromatic N) is 1. The summed E-state index contributed by atoms with van der Waals surface area (Å²) in [5.41, 5.74) is 2.14. The number of thiazole rings is 1. The normalized spacial score (nSPS) is 10.7. The minimum atomic E-state index is -0.167. The van der Waals surface area contributed by atoms with Crippen molar-refractivity contribution in [2.75, 3.05) is 11.1 Å². The van der Waals surface area contributed by atoms with Gasteiger partial charge in [0.1, 0.15) is 0 Å². The van der Waals surface area contributed by atoms with E-state index in [9.17, 15) is 4.79 Å². The molecule has 0 bridgehead atoms. The molecule has 2 aromatic carbocycles. The van der Waals surface area contributed by atoms with Gasteiger partial charge in [0, 0.05) is 20.9 Å². The number of anilines is 1. The number of thioether (sulfide) groups is 1. The lowest BCUT2D eigenvalue weighted by atomic mass is 10.2. The molecular weight excluding hydrogens is 395 g/mol. The third-order valence-corrected chi connectivity index (χ3v) is 5.62. The zero-order valence-electron chi connectivity index (χ0n) is 13.3. The number of amides is 1. The van der Waals surface area contributed by atoms with E-state index in [1.165, 1.54) is 11.3 Å². The third kappa shape index (κ3) is 4.36. The molecule has 0 atom stereocenters. The number of hydrogen-bond acceptors (Lipinski definition) is 4. The number of aromatic nitrogens is 1. The van der Waals surface area contributed by atoms with Crippen molar-refractivity contribution in [2.45, 2.75) is 11.8 Å². The van der Waals surface area contributed by atoms with Crippen LogP contribution in [0.25, 0.3) is 11.3 Å². The van der Waals surface area contributed by atoms with Crippen LogP contribution in [-0.4, -0.2) is 16.6 Å². The molecule has 1 N–H and O–H groups in total. The molecule has 1 amide bonds. The summed E-state index contributed by atoms with van der Waals surface area (Å²) in [6.45, 7) is 2.06. The Hall–Kier alpha value is -1.53. The summed E-state index contributed by atoms with van der Waals surface area (Å²) in [4.78, 5) is 18.0. The van der Waals surface area contributed by atoms with E-state index in [0.29, 0.717) is 26.4 Å². The average molecular weight is 409 g/mol. The zero-order valence-corrected chi connectivity index (χ0v) is 16.4. The van der Waals surface area contributed by atoms with Gasteiger partial charge in [0.25, 0.3) is 5.91 Å². The van der Waals surface area contributed by atoms with E-state index < -0.39 is 0 Å². The summed E-state index contributed by atoms with van der Waals surface area (Å²) in [5, 5.41) is 6.35. The molecule has 128 valence electrons. The first kappa shape index (κ1) is 18.3. The summed E-state index contributed by atoms with van der Waals surface area (Å²) in [6, 6.07) is 12.8. The van der Waals surface area contributed by atoms with Gasteiger partial charge in [-0.3, -0.25) is 10.1 Å². The minimum absolute atomic E-state index is 0.167. The van der Waals surface area contributed by atoms with E-state index in [2.05, 4.69) is 17.2 Å². The zero-order chi connectivity index (χ0) is 17.8. The summed E-state index contributed by atoms with van der Waals surface area (Å²) >= 11 is 15.1. The molecule has 0 saturated carbocycles. The van der Waals surface area contributed by atoms with Gasteiger partial charge in [0.15, 0.2) is 5.13 Å². The van der Waals surface area contributed by atoms with Crippen LogP contribution in [0.2, 0.25) is 10.0 Å². The summed E-state index contributed by atoms with van der Waals surface area (Å²) in [6.07, 6.45) is 0. The molecule has 7 heteroatoms. The molecule has 0 aliphatic rings. The molecule has 0 saturated heterocycles. The first-order chi connectivity index (χ1) is 12.1. The van der Waals surface area contributed by atoms with Gasteiger partial charge in [-0.1, -0.05) is 42.3 Å². The summed E-state index contributed by atoms with van der Waals surface area (Å²) in [7, 11) is 0. The molecule has 25 heavy (non-hydrogen) atoms. The lowest BCUT2D eigenvalue weighted by Gasteiger charge is -2.07. The van der Waals surface area contributed by atoms with Crippen LogP contribution < -0.4 is 5.32 Å². The Morgan fingerprint density at radius 2 is 2.04 bits per heavy atom. The topological polar surface area (TPSA) is 42.0 Å². The maximum atomic E-state index is 12.6. The quantitative estimate of drug-likeness (QED) is 0.491. The molecule has 0 radical (unpaired) electrons. The maximum Gasteiger partial charge on any atom is 0.258 e. The van der Waals surface area contributed by atoms with Crippen molar-refractivity contribution in [3.05, 3.63) is 63.5 Å². The average Bonchev–Trinajstić information content (AvgIpc) is 3.03. The van der Waals surface area contributed by atoms with Crippen LogP contribution in [0.4, 0.5) is 5.13 Å². The van der Waals surface area contributed by atoms with Gasteiger partial charge in [-0.15, -0.1) is 23.1 Å². The van der Waals surface area contributed by atoms with Crippen molar-refractivity contribution in [3.8, 4) is 11.3 Å². The fourth-order valence-corrected chi connectivity index (χ4v) is 4.27. The van der Waals surface area contributed by atoms with Gasteiger partial charge < -0.3 is 0 Å². The number of halogens is 2. The lowest BCUT2D eigenvalue weighted by Crippen LogP contribution is -2.12. The van der Waals surface area contributed by atoms with Crippen molar-refractivity contribution in [2.24, 2.45) is 0 Å². The van der Waals surface area contributed by atoms with E-state index >= 15 is 0 Å². The minimum Gasteiger partial charge on any atom is -0.298 e. The molecule has 0 unspecified atom stereocenters. The molecule has 3 aromatic rings. The highest BCUT2D eigenvalue weighted by atomic mass is 35.5. The Balaban J connectivity index is 1.81. The first-order valence-electron chi connectivity index (χ1n) is 7.52. The van der Waals surface area contributed by atoms with Crippen molar-refractivity contribution in [3.63, 3.8) is 0 Å². The Labute approximate surface area is 164 Å². The Morgan fingerprint density at radius 3 is 2.80 bits per heavy atom. The molecule has 1 heterocycles. The van der Waals surface area contributed by atoms with Crippen LogP contribution in [0.15, 0.2) is 52.7 Å². The number of benzene rings is 2. The highest BCUT2D eigenvalue weighted by Gasteiger charge is 2.14. The standard InChI is InChI=1S/C18H14Cl2N2OS2/c1-2-24-16-6-4-3-5-13(16)17(23)22-18-21-15(10-25-18)12-8-7-11(19)9-14(12)20/h3-10H,2H2,1H3,(H,21,22,23). The predicted octanol–water partition coefficient (Wildman–Crippen LogP) is 6.48. The third-order valence-electron chi connectivity index (χ3n) is 3.36. The van der Waals surface area contributed by atoms with Crippen LogP contribution >= 0.6 is 46.3 Å². The molecule has 3 nitrogen and oxygen atoms in total. The highest BCUT2D eigenvalue weighted by Crippen LogP contribution is 2.32. The second kappa shape index (κ2) is 8.23. The van der Waals surface area contributed by atoms with Crippen molar-refractivity contribution in [1.29, 1.82) is 0 Å². The van der Waals surface area contributed by atoms with E-state index in [1.54, 1.807) is 23.9 Å². The second-order valence-electron chi connectivity index (χ2n) is 5.05. The fourth-order valence-electron chi connectivity index (χ4n) is 2.25. The summed E-state index contributed by atoms with van der Waals surface area (Å²) < 4.78 is 0. The van der Waals surface area contributed by atoms with Crippen LogP contribution in [0.3, 0.4) is 0 Å². The lowest BCUT2D eigenvalue weighted by molar-refractivity contribution is 0.102. The van der Waals surface area contributed by atoms with E-state index in [-0.39, 0.29) is 5.91 Å². The number of nitrogens with one attached hydrogen (secondary N) is 1. The fraction of sp³-hybridized carbons (Fsp3) is 0.111. The Morgan fingerprint density at radius 1 is 1.24 bits per heavy atom. The largest absolute Gasteiger partial charge is 0.298 e. The molecule has 1 aromatic heterocycles. The highest BCUT2D eigenvalue weighted by molar-refractivity contribution is 7.99. The summed E-state index contributed by atoms with van der Waals surface area (Å²) in [5.74, 6) is 0.737. The van der Waals surface area contributed by atoms with E-state index in [1.807, 2.05) is 35.7 Å². The van der Waals surface area contributed by atoms with Gasteiger partial charge in [0.05, 0.1) is 16.3 Å². The van der Waals surface area contributed by atoms with Crippen molar-refractivity contribution in [1.82, 2.24) is 4.98 Å². The van der Waals surface area contributed by atoms with Gasteiger partial charge in [0.2, 0.25) is 0 Å². The molecule has 3 rings (SSSR count). The van der Waals surface area contributed by atoms with Crippen molar-refractivity contribution >= 4 is 57.3 Å². The van der Waals surface area contributed by atoms with Crippen LogP contribution in [-0.2, 0) is 0 Å². The van der Waals surface area contributed by atoms with Gasteiger partial charge >= 0.3 is 0 Å². The number of rotatable bonds is 5. The number of hydrogen-bond donors (Lipinski definition) is 1. The van der Waals surface area contributed by atoms with Crippen LogP contribution in [0.5, 0.6) is 0 Å². The van der Waals surface area contributed by atoms with Gasteiger partial charge in [-0.05, 0) is 36.1 Å².